The van der Waals surface area contributed by atoms with Crippen molar-refractivity contribution in [3.05, 3.63) is 59.9 Å². The van der Waals surface area contributed by atoms with Gasteiger partial charge < -0.3 is 19.9 Å². The molecule has 1 atom stereocenters. The van der Waals surface area contributed by atoms with Crippen molar-refractivity contribution in [2.75, 3.05) is 12.4 Å². The average Bonchev–Trinajstić information content (AvgIpc) is 2.62. The van der Waals surface area contributed by atoms with Crippen LogP contribution >= 0.6 is 0 Å². The molecule has 2 aromatic rings. The Bertz CT molecular complexity index is 834. The topological polar surface area (TPSA) is 84.9 Å². The van der Waals surface area contributed by atoms with Crippen molar-refractivity contribution in [2.45, 2.75) is 13.0 Å². The summed E-state index contributed by atoms with van der Waals surface area (Å²) in [5, 5.41) is 11.9. The molecule has 2 aromatic carbocycles. The van der Waals surface area contributed by atoms with Gasteiger partial charge in [0.1, 0.15) is 5.82 Å². The van der Waals surface area contributed by atoms with Crippen LogP contribution in [-0.4, -0.2) is 30.2 Å². The molecule has 0 heterocycles. The van der Waals surface area contributed by atoms with E-state index >= 15 is 0 Å². The summed E-state index contributed by atoms with van der Waals surface area (Å²) in [6, 6.07) is 10.2. The minimum absolute atomic E-state index is 0.00660. The highest BCUT2D eigenvalue weighted by Gasteiger charge is 2.17. The van der Waals surface area contributed by atoms with E-state index in [9.17, 15) is 19.1 Å². The van der Waals surface area contributed by atoms with E-state index < -0.39 is 23.8 Å². The molecule has 0 radical (unpaired) electrons. The molecule has 26 heavy (non-hydrogen) atoms. The van der Waals surface area contributed by atoms with Crippen molar-refractivity contribution in [3.8, 4) is 11.5 Å². The lowest BCUT2D eigenvalue weighted by atomic mass is 10.2. The minimum atomic E-state index is -1.11. The highest BCUT2D eigenvalue weighted by atomic mass is 19.1. The summed E-state index contributed by atoms with van der Waals surface area (Å²) in [5.41, 5.74) is 0.604. The van der Waals surface area contributed by atoms with Crippen LogP contribution in [0.2, 0.25) is 0 Å². The zero-order valence-corrected chi connectivity index (χ0v) is 14.2. The molecule has 0 spiro atoms. The van der Waals surface area contributed by atoms with Gasteiger partial charge in [0.15, 0.2) is 17.6 Å². The molecule has 2 N–H and O–H groups in total. The second-order valence-electron chi connectivity index (χ2n) is 5.31. The van der Waals surface area contributed by atoms with Crippen LogP contribution in [0.4, 0.5) is 10.1 Å². The van der Waals surface area contributed by atoms with E-state index in [-0.39, 0.29) is 17.2 Å². The van der Waals surface area contributed by atoms with Crippen LogP contribution in [0.5, 0.6) is 11.5 Å². The lowest BCUT2D eigenvalue weighted by Crippen LogP contribution is -2.29. The number of anilines is 1. The Kier molecular flexibility index (Phi) is 6.32. The molecule has 0 fully saturated rings. The van der Waals surface area contributed by atoms with Gasteiger partial charge in [0.25, 0.3) is 5.91 Å². The van der Waals surface area contributed by atoms with Gasteiger partial charge in [-0.3, -0.25) is 4.79 Å². The monoisotopic (exact) mass is 359 g/mol. The molecular formula is C19H18FNO5. The molecule has 7 heteroatoms. The summed E-state index contributed by atoms with van der Waals surface area (Å²) in [7, 11) is 1.41. The van der Waals surface area contributed by atoms with Gasteiger partial charge in [0.05, 0.1) is 12.8 Å². The predicted molar refractivity (Wildman–Crippen MR) is 94.3 cm³/mol. The first-order chi connectivity index (χ1) is 12.4. The van der Waals surface area contributed by atoms with E-state index in [2.05, 4.69) is 5.32 Å². The van der Waals surface area contributed by atoms with Crippen LogP contribution < -0.4 is 10.1 Å². The van der Waals surface area contributed by atoms with Gasteiger partial charge in [-0.25, -0.2) is 9.18 Å². The van der Waals surface area contributed by atoms with Gasteiger partial charge in [0, 0.05) is 6.08 Å². The maximum Gasteiger partial charge on any atom is 0.331 e. The van der Waals surface area contributed by atoms with Crippen molar-refractivity contribution in [3.63, 3.8) is 0 Å². The van der Waals surface area contributed by atoms with E-state index in [1.807, 2.05) is 0 Å². The Morgan fingerprint density at radius 2 is 1.96 bits per heavy atom. The Balaban J connectivity index is 1.94. The SMILES string of the molecule is COc1cc(/C=C/C(=O)O[C@H](C)C(=O)Nc2ccccc2F)ccc1O. The van der Waals surface area contributed by atoms with E-state index in [4.69, 9.17) is 9.47 Å². The van der Waals surface area contributed by atoms with Gasteiger partial charge >= 0.3 is 5.97 Å². The van der Waals surface area contributed by atoms with Crippen LogP contribution in [-0.2, 0) is 14.3 Å². The Morgan fingerprint density at radius 1 is 1.23 bits per heavy atom. The number of aromatic hydroxyl groups is 1. The number of benzene rings is 2. The molecule has 0 aliphatic carbocycles. The Hall–Kier alpha value is -3.35. The minimum Gasteiger partial charge on any atom is -0.504 e. The largest absolute Gasteiger partial charge is 0.504 e. The molecule has 0 aliphatic heterocycles. The second kappa shape index (κ2) is 8.66. The number of nitrogens with one attached hydrogen (secondary N) is 1. The molecule has 0 bridgehead atoms. The zero-order valence-electron chi connectivity index (χ0n) is 14.2. The number of phenolic OH excluding ortho intramolecular Hbond substituents is 1. The number of ether oxygens (including phenoxy) is 2. The van der Waals surface area contributed by atoms with E-state index in [1.165, 1.54) is 50.4 Å². The maximum absolute atomic E-state index is 13.5. The Labute approximate surface area is 149 Å². The van der Waals surface area contributed by atoms with Crippen LogP contribution in [0.15, 0.2) is 48.5 Å². The molecule has 2 rings (SSSR count). The molecule has 0 aliphatic rings. The fourth-order valence-electron chi connectivity index (χ4n) is 2.03. The summed E-state index contributed by atoms with van der Waals surface area (Å²) in [5.74, 6) is -1.74. The lowest BCUT2D eigenvalue weighted by Gasteiger charge is -2.12. The highest BCUT2D eigenvalue weighted by molar-refractivity contribution is 5.96. The number of carbonyl (C=O) groups excluding carboxylic acids is 2. The second-order valence-corrected chi connectivity index (χ2v) is 5.31. The third kappa shape index (κ3) is 5.07. The van der Waals surface area contributed by atoms with Crippen LogP contribution in [0.25, 0.3) is 6.08 Å². The standard InChI is InChI=1S/C19H18FNO5/c1-12(19(24)21-15-6-4-3-5-14(15)20)26-18(23)10-8-13-7-9-16(22)17(11-13)25-2/h3-12,22H,1-2H3,(H,21,24)/b10-8+/t12-/m1/s1. The molecule has 0 saturated heterocycles. The molecule has 0 saturated carbocycles. The molecular weight excluding hydrogens is 341 g/mol. The molecule has 1 amide bonds. The summed E-state index contributed by atoms with van der Waals surface area (Å²) in [6.45, 7) is 1.38. The number of hydrogen-bond donors (Lipinski definition) is 2. The van der Waals surface area contributed by atoms with Crippen molar-refractivity contribution in [2.24, 2.45) is 0 Å². The molecule has 136 valence electrons. The number of esters is 1. The van der Waals surface area contributed by atoms with Crippen molar-refractivity contribution in [1.29, 1.82) is 0 Å². The van der Waals surface area contributed by atoms with E-state index in [1.54, 1.807) is 12.1 Å². The van der Waals surface area contributed by atoms with Gasteiger partial charge in [-0.2, -0.15) is 0 Å². The third-order valence-corrected chi connectivity index (χ3v) is 3.41. The lowest BCUT2D eigenvalue weighted by molar-refractivity contribution is -0.148. The van der Waals surface area contributed by atoms with E-state index in [0.29, 0.717) is 5.56 Å². The summed E-state index contributed by atoms with van der Waals surface area (Å²) in [6.07, 6.45) is 1.48. The number of hydrogen-bond acceptors (Lipinski definition) is 5. The summed E-state index contributed by atoms with van der Waals surface area (Å²) in [4.78, 5) is 23.8. The fraction of sp³-hybridized carbons (Fsp3) is 0.158. The fourth-order valence-corrected chi connectivity index (χ4v) is 2.03. The van der Waals surface area contributed by atoms with Crippen molar-refractivity contribution in [1.82, 2.24) is 0 Å². The molecule has 6 nitrogen and oxygen atoms in total. The number of rotatable bonds is 6. The Morgan fingerprint density at radius 3 is 2.65 bits per heavy atom. The highest BCUT2D eigenvalue weighted by Crippen LogP contribution is 2.26. The summed E-state index contributed by atoms with van der Waals surface area (Å²) < 4.78 is 23.5. The van der Waals surface area contributed by atoms with Crippen LogP contribution in [0, 0.1) is 5.82 Å². The molecule has 0 aromatic heterocycles. The predicted octanol–water partition coefficient (Wildman–Crippen LogP) is 3.12. The van der Waals surface area contributed by atoms with Gasteiger partial charge in [0.2, 0.25) is 0 Å². The first-order valence-corrected chi connectivity index (χ1v) is 7.72. The first-order valence-electron chi connectivity index (χ1n) is 7.72. The molecule has 0 unspecified atom stereocenters. The normalized spacial score (nSPS) is 11.8. The average molecular weight is 359 g/mol. The van der Waals surface area contributed by atoms with Crippen molar-refractivity contribution < 1.29 is 28.6 Å². The number of phenols is 1. The number of halogens is 1. The van der Waals surface area contributed by atoms with Crippen LogP contribution in [0.3, 0.4) is 0 Å². The maximum atomic E-state index is 13.5. The number of amides is 1. The van der Waals surface area contributed by atoms with Gasteiger partial charge in [-0.15, -0.1) is 0 Å². The first kappa shape index (κ1) is 19.0. The van der Waals surface area contributed by atoms with E-state index in [0.717, 1.165) is 6.08 Å². The zero-order chi connectivity index (χ0) is 19.1. The third-order valence-electron chi connectivity index (χ3n) is 3.41. The number of carbonyl (C=O) groups is 2. The van der Waals surface area contributed by atoms with Crippen LogP contribution in [0.1, 0.15) is 12.5 Å². The number of methoxy groups -OCH3 is 1. The van der Waals surface area contributed by atoms with Crippen molar-refractivity contribution >= 4 is 23.6 Å². The summed E-state index contributed by atoms with van der Waals surface area (Å²) >= 11 is 0. The van der Waals surface area contributed by atoms with Gasteiger partial charge in [-0.05, 0) is 42.8 Å². The smallest absolute Gasteiger partial charge is 0.331 e. The quantitative estimate of drug-likeness (QED) is 0.611. The number of para-hydroxylation sites is 1. The van der Waals surface area contributed by atoms with Gasteiger partial charge in [-0.1, -0.05) is 18.2 Å².